The molecule has 0 fully saturated rings. The first-order valence-electron chi connectivity index (χ1n) is 7.85. The Balaban J connectivity index is 2.08. The summed E-state index contributed by atoms with van der Waals surface area (Å²) in [5.41, 5.74) is 4.69. The molecule has 2 heteroatoms. The Morgan fingerprint density at radius 2 is 2.00 bits per heavy atom. The zero-order valence-electron chi connectivity index (χ0n) is 13.0. The number of aryl methyl sites for hydroxylation is 2. The van der Waals surface area contributed by atoms with Crippen LogP contribution >= 0.6 is 11.3 Å². The van der Waals surface area contributed by atoms with Crippen LogP contribution in [0.15, 0.2) is 35.0 Å². The number of benzene rings is 1. The molecule has 1 aromatic heterocycles. The van der Waals surface area contributed by atoms with E-state index in [-0.39, 0.29) is 5.78 Å². The van der Waals surface area contributed by atoms with Crippen molar-refractivity contribution in [3.8, 4) is 0 Å². The van der Waals surface area contributed by atoms with Crippen LogP contribution in [0.5, 0.6) is 0 Å². The number of carbonyl (C=O) groups is 1. The molecule has 1 heterocycles. The molecule has 21 heavy (non-hydrogen) atoms. The van der Waals surface area contributed by atoms with Crippen molar-refractivity contribution in [1.82, 2.24) is 0 Å². The lowest BCUT2D eigenvalue weighted by Crippen LogP contribution is -2.07. The van der Waals surface area contributed by atoms with Crippen LogP contribution in [0.25, 0.3) is 0 Å². The number of thiophene rings is 1. The third kappa shape index (κ3) is 4.53. The SMILES string of the molecule is CCCCCCc1cccc(C)c1CC(=O)c1ccsc1. The maximum atomic E-state index is 12.4. The predicted molar refractivity (Wildman–Crippen MR) is 91.4 cm³/mol. The Morgan fingerprint density at radius 1 is 1.14 bits per heavy atom. The third-order valence-corrected chi connectivity index (χ3v) is 4.67. The van der Waals surface area contributed by atoms with Gasteiger partial charge in [-0.1, -0.05) is 44.4 Å². The molecule has 0 aliphatic carbocycles. The topological polar surface area (TPSA) is 17.1 Å². The number of carbonyl (C=O) groups excluding carboxylic acids is 1. The summed E-state index contributed by atoms with van der Waals surface area (Å²) in [7, 11) is 0. The molecule has 2 rings (SSSR count). The molecule has 0 aliphatic heterocycles. The summed E-state index contributed by atoms with van der Waals surface area (Å²) in [5, 5.41) is 3.91. The minimum absolute atomic E-state index is 0.236. The molecule has 0 unspecified atom stereocenters. The molecule has 0 atom stereocenters. The lowest BCUT2D eigenvalue weighted by Gasteiger charge is -2.12. The van der Waals surface area contributed by atoms with Crippen molar-refractivity contribution in [2.45, 2.75) is 52.4 Å². The van der Waals surface area contributed by atoms with E-state index in [4.69, 9.17) is 0 Å². The van der Waals surface area contributed by atoms with Crippen LogP contribution in [-0.2, 0) is 12.8 Å². The number of ketones is 1. The van der Waals surface area contributed by atoms with Gasteiger partial charge in [0.1, 0.15) is 0 Å². The van der Waals surface area contributed by atoms with E-state index >= 15 is 0 Å². The highest BCUT2D eigenvalue weighted by molar-refractivity contribution is 7.08. The second-order valence-corrected chi connectivity index (χ2v) is 6.42. The van der Waals surface area contributed by atoms with Crippen LogP contribution in [0.1, 0.15) is 59.7 Å². The molecule has 0 saturated carbocycles. The zero-order chi connectivity index (χ0) is 15.1. The summed E-state index contributed by atoms with van der Waals surface area (Å²) in [6.45, 7) is 4.35. The molecule has 0 spiro atoms. The molecule has 1 aromatic carbocycles. The first kappa shape index (κ1) is 16.0. The van der Waals surface area contributed by atoms with Gasteiger partial charge in [0.05, 0.1) is 0 Å². The van der Waals surface area contributed by atoms with E-state index in [2.05, 4.69) is 32.0 Å². The second-order valence-electron chi connectivity index (χ2n) is 5.64. The minimum Gasteiger partial charge on any atom is -0.294 e. The Bertz CT molecular complexity index is 569. The van der Waals surface area contributed by atoms with Crippen molar-refractivity contribution < 1.29 is 4.79 Å². The number of hydrogen-bond donors (Lipinski definition) is 0. The van der Waals surface area contributed by atoms with Crippen LogP contribution < -0.4 is 0 Å². The van der Waals surface area contributed by atoms with Crippen LogP contribution in [-0.4, -0.2) is 5.78 Å². The van der Waals surface area contributed by atoms with E-state index < -0.39 is 0 Å². The standard InChI is InChI=1S/C19H24OS/c1-3-4-5-6-9-16-10-7-8-15(2)18(16)13-19(20)17-11-12-21-14-17/h7-8,10-12,14H,3-6,9,13H2,1-2H3. The monoisotopic (exact) mass is 300 g/mol. The normalized spacial score (nSPS) is 10.8. The Hall–Kier alpha value is -1.41. The predicted octanol–water partition coefficient (Wildman–Crippen LogP) is 5.60. The number of hydrogen-bond acceptors (Lipinski definition) is 2. The first-order chi connectivity index (χ1) is 10.2. The summed E-state index contributed by atoms with van der Waals surface area (Å²) >= 11 is 1.59. The molecule has 1 nitrogen and oxygen atoms in total. The number of Topliss-reactive ketones (excluding diaryl/α,β-unsaturated/α-hetero) is 1. The van der Waals surface area contributed by atoms with Gasteiger partial charge in [-0.3, -0.25) is 4.79 Å². The lowest BCUT2D eigenvalue weighted by atomic mass is 9.92. The van der Waals surface area contributed by atoms with Gasteiger partial charge >= 0.3 is 0 Å². The van der Waals surface area contributed by atoms with E-state index in [0.29, 0.717) is 6.42 Å². The van der Waals surface area contributed by atoms with E-state index in [0.717, 1.165) is 12.0 Å². The first-order valence-corrected chi connectivity index (χ1v) is 8.79. The van der Waals surface area contributed by atoms with Crippen molar-refractivity contribution in [3.63, 3.8) is 0 Å². The number of unbranched alkanes of at least 4 members (excludes halogenated alkanes) is 3. The molecule has 0 radical (unpaired) electrons. The molecule has 0 bridgehead atoms. The van der Waals surface area contributed by atoms with Gasteiger partial charge in [0.15, 0.2) is 5.78 Å². The van der Waals surface area contributed by atoms with Gasteiger partial charge in [-0.15, -0.1) is 0 Å². The fourth-order valence-corrected chi connectivity index (χ4v) is 3.34. The fourth-order valence-electron chi connectivity index (χ4n) is 2.68. The van der Waals surface area contributed by atoms with Gasteiger partial charge in [-0.25, -0.2) is 0 Å². The highest BCUT2D eigenvalue weighted by Crippen LogP contribution is 2.20. The van der Waals surface area contributed by atoms with Crippen LogP contribution in [0.2, 0.25) is 0 Å². The smallest absolute Gasteiger partial charge is 0.168 e. The molecule has 0 N–H and O–H groups in total. The quantitative estimate of drug-likeness (QED) is 0.458. The van der Waals surface area contributed by atoms with Crippen molar-refractivity contribution in [2.24, 2.45) is 0 Å². The molecule has 0 saturated heterocycles. The molecule has 0 aliphatic rings. The van der Waals surface area contributed by atoms with Gasteiger partial charge < -0.3 is 0 Å². The molecular weight excluding hydrogens is 276 g/mol. The molecule has 0 amide bonds. The summed E-state index contributed by atoms with van der Waals surface area (Å²) < 4.78 is 0. The summed E-state index contributed by atoms with van der Waals surface area (Å²) in [6.07, 6.45) is 6.69. The van der Waals surface area contributed by atoms with Crippen LogP contribution in [0, 0.1) is 6.92 Å². The average Bonchev–Trinajstić information content (AvgIpc) is 3.01. The summed E-state index contributed by atoms with van der Waals surface area (Å²) in [6, 6.07) is 8.34. The maximum Gasteiger partial charge on any atom is 0.168 e. The van der Waals surface area contributed by atoms with Crippen molar-refractivity contribution in [2.75, 3.05) is 0 Å². The zero-order valence-corrected chi connectivity index (χ0v) is 13.8. The fraction of sp³-hybridized carbons (Fsp3) is 0.421. The van der Waals surface area contributed by atoms with E-state index in [1.165, 1.54) is 42.4 Å². The van der Waals surface area contributed by atoms with Gasteiger partial charge in [0.2, 0.25) is 0 Å². The lowest BCUT2D eigenvalue weighted by molar-refractivity contribution is 0.0993. The van der Waals surface area contributed by atoms with Gasteiger partial charge in [0, 0.05) is 17.4 Å². The minimum atomic E-state index is 0.236. The second kappa shape index (κ2) is 8.14. The summed E-state index contributed by atoms with van der Waals surface area (Å²) in [4.78, 5) is 12.4. The molecule has 2 aromatic rings. The summed E-state index contributed by atoms with van der Waals surface area (Å²) in [5.74, 6) is 0.236. The molecule has 112 valence electrons. The highest BCUT2D eigenvalue weighted by Gasteiger charge is 2.12. The molecular formula is C19H24OS. The Morgan fingerprint density at radius 3 is 2.71 bits per heavy atom. The number of rotatable bonds is 8. The van der Waals surface area contributed by atoms with Gasteiger partial charge in [-0.2, -0.15) is 11.3 Å². The Labute approximate surface area is 132 Å². The van der Waals surface area contributed by atoms with Crippen LogP contribution in [0.3, 0.4) is 0 Å². The third-order valence-electron chi connectivity index (χ3n) is 3.99. The van der Waals surface area contributed by atoms with Gasteiger partial charge in [0.25, 0.3) is 0 Å². The highest BCUT2D eigenvalue weighted by atomic mass is 32.1. The van der Waals surface area contributed by atoms with Crippen molar-refractivity contribution >= 4 is 17.1 Å². The average molecular weight is 300 g/mol. The largest absolute Gasteiger partial charge is 0.294 e. The van der Waals surface area contributed by atoms with Crippen molar-refractivity contribution in [3.05, 3.63) is 57.3 Å². The maximum absolute atomic E-state index is 12.4. The Kier molecular flexibility index (Phi) is 6.19. The van der Waals surface area contributed by atoms with E-state index in [1.54, 1.807) is 11.3 Å². The van der Waals surface area contributed by atoms with Gasteiger partial charge in [-0.05, 0) is 47.9 Å². The van der Waals surface area contributed by atoms with Crippen LogP contribution in [0.4, 0.5) is 0 Å². The van der Waals surface area contributed by atoms with Crippen molar-refractivity contribution in [1.29, 1.82) is 0 Å². The van der Waals surface area contributed by atoms with E-state index in [1.807, 2.05) is 16.8 Å². The van der Waals surface area contributed by atoms with E-state index in [9.17, 15) is 4.79 Å².